The molecule has 0 amide bonds. The molecule has 0 fully saturated rings. The predicted molar refractivity (Wildman–Crippen MR) is 85.9 cm³/mol. The maximum atomic E-state index is 4.36. The van der Waals surface area contributed by atoms with Gasteiger partial charge in [-0.1, -0.05) is 51.1 Å². The van der Waals surface area contributed by atoms with Crippen LogP contribution in [-0.4, -0.2) is 4.98 Å². The van der Waals surface area contributed by atoms with E-state index in [0.29, 0.717) is 6.04 Å². The lowest BCUT2D eigenvalue weighted by molar-refractivity contribution is 0.352. The first-order valence-electron chi connectivity index (χ1n) is 7.18. The van der Waals surface area contributed by atoms with Gasteiger partial charge < -0.3 is 5.32 Å². The summed E-state index contributed by atoms with van der Waals surface area (Å²) in [7, 11) is 0. The van der Waals surface area contributed by atoms with Crippen molar-refractivity contribution in [1.29, 1.82) is 0 Å². The number of hydrogen-bond acceptors (Lipinski definition) is 2. The van der Waals surface area contributed by atoms with Gasteiger partial charge in [-0.2, -0.15) is 0 Å². The number of hydrogen-bond donors (Lipinski definition) is 1. The smallest absolute Gasteiger partial charge is 0.0531 e. The monoisotopic (exact) mass is 268 g/mol. The molecule has 0 bridgehead atoms. The number of aryl methyl sites for hydroxylation is 1. The first kappa shape index (κ1) is 14.6. The standard InChI is InChI=1S/C18H24N2/c1-14-10-11-16(13-19-14)20-17(12-18(2,3)4)15-8-6-5-7-9-15/h5-11,13,17,20H,12H2,1-4H3. The molecule has 2 rings (SSSR count). The third-order valence-corrected chi connectivity index (χ3v) is 3.27. The minimum Gasteiger partial charge on any atom is -0.377 e. The number of aromatic nitrogens is 1. The Hall–Kier alpha value is -1.83. The van der Waals surface area contributed by atoms with Gasteiger partial charge in [0.2, 0.25) is 0 Å². The highest BCUT2D eigenvalue weighted by Crippen LogP contribution is 2.31. The Morgan fingerprint density at radius 3 is 2.30 bits per heavy atom. The molecule has 1 heterocycles. The van der Waals surface area contributed by atoms with Crippen molar-refractivity contribution in [2.45, 2.75) is 40.2 Å². The fraction of sp³-hybridized carbons (Fsp3) is 0.389. The molecule has 2 nitrogen and oxygen atoms in total. The Bertz CT molecular complexity index is 524. The fourth-order valence-electron chi connectivity index (χ4n) is 2.30. The van der Waals surface area contributed by atoms with E-state index in [9.17, 15) is 0 Å². The van der Waals surface area contributed by atoms with Gasteiger partial charge in [-0.25, -0.2) is 0 Å². The molecule has 2 heteroatoms. The molecule has 1 unspecified atom stereocenters. The van der Waals surface area contributed by atoms with Crippen LogP contribution in [0, 0.1) is 12.3 Å². The second-order valence-electron chi connectivity index (χ2n) is 6.56. The van der Waals surface area contributed by atoms with E-state index < -0.39 is 0 Å². The molecule has 0 saturated carbocycles. The van der Waals surface area contributed by atoms with Crippen LogP contribution in [0.4, 0.5) is 5.69 Å². The molecule has 20 heavy (non-hydrogen) atoms. The van der Waals surface area contributed by atoms with E-state index in [1.165, 1.54) is 5.56 Å². The van der Waals surface area contributed by atoms with Crippen molar-refractivity contribution in [3.8, 4) is 0 Å². The molecular formula is C18H24N2. The summed E-state index contributed by atoms with van der Waals surface area (Å²) in [6.07, 6.45) is 2.98. The fourth-order valence-corrected chi connectivity index (χ4v) is 2.30. The van der Waals surface area contributed by atoms with E-state index in [1.54, 1.807) is 0 Å². The van der Waals surface area contributed by atoms with E-state index in [0.717, 1.165) is 17.8 Å². The van der Waals surface area contributed by atoms with E-state index in [2.05, 4.69) is 67.5 Å². The van der Waals surface area contributed by atoms with Crippen molar-refractivity contribution in [3.63, 3.8) is 0 Å². The highest BCUT2D eigenvalue weighted by atomic mass is 14.9. The van der Waals surface area contributed by atoms with Gasteiger partial charge in [-0.05, 0) is 36.5 Å². The van der Waals surface area contributed by atoms with Crippen molar-refractivity contribution < 1.29 is 0 Å². The number of benzene rings is 1. The quantitative estimate of drug-likeness (QED) is 0.846. The van der Waals surface area contributed by atoms with Crippen LogP contribution in [-0.2, 0) is 0 Å². The minimum atomic E-state index is 0.269. The Morgan fingerprint density at radius 1 is 1.05 bits per heavy atom. The van der Waals surface area contributed by atoms with Crippen molar-refractivity contribution in [2.24, 2.45) is 5.41 Å². The average Bonchev–Trinajstić information content (AvgIpc) is 2.40. The third kappa shape index (κ3) is 4.37. The summed E-state index contributed by atoms with van der Waals surface area (Å²) in [6.45, 7) is 8.83. The number of anilines is 1. The number of nitrogens with one attached hydrogen (secondary N) is 1. The maximum Gasteiger partial charge on any atom is 0.0531 e. The normalized spacial score (nSPS) is 13.0. The molecular weight excluding hydrogens is 244 g/mol. The average molecular weight is 268 g/mol. The second-order valence-corrected chi connectivity index (χ2v) is 6.56. The lowest BCUT2D eigenvalue weighted by Gasteiger charge is -2.28. The van der Waals surface area contributed by atoms with Gasteiger partial charge in [-0.3, -0.25) is 4.98 Å². The van der Waals surface area contributed by atoms with E-state index in [-0.39, 0.29) is 5.41 Å². The topological polar surface area (TPSA) is 24.9 Å². The van der Waals surface area contributed by atoms with Gasteiger partial charge in [0.25, 0.3) is 0 Å². The van der Waals surface area contributed by atoms with Gasteiger partial charge in [0, 0.05) is 5.69 Å². The number of rotatable bonds is 4. The summed E-state index contributed by atoms with van der Waals surface area (Å²) >= 11 is 0. The van der Waals surface area contributed by atoms with Gasteiger partial charge in [0.05, 0.1) is 17.9 Å². The molecule has 0 aliphatic rings. The van der Waals surface area contributed by atoms with Crippen LogP contribution in [0.25, 0.3) is 0 Å². The molecule has 0 aliphatic carbocycles. The Morgan fingerprint density at radius 2 is 1.75 bits per heavy atom. The highest BCUT2D eigenvalue weighted by Gasteiger charge is 2.20. The molecule has 0 spiro atoms. The summed E-state index contributed by atoms with van der Waals surface area (Å²) in [5.74, 6) is 0. The lowest BCUT2D eigenvalue weighted by atomic mass is 9.85. The Labute approximate surface area is 122 Å². The molecule has 0 aliphatic heterocycles. The van der Waals surface area contributed by atoms with Crippen LogP contribution in [0.1, 0.15) is 44.5 Å². The summed E-state index contributed by atoms with van der Waals surface area (Å²) in [5.41, 5.74) is 3.71. The number of nitrogens with zero attached hydrogens (tertiary/aromatic N) is 1. The van der Waals surface area contributed by atoms with Gasteiger partial charge in [0.1, 0.15) is 0 Å². The summed E-state index contributed by atoms with van der Waals surface area (Å²) in [5, 5.41) is 3.62. The molecule has 1 aromatic carbocycles. The zero-order valence-electron chi connectivity index (χ0n) is 12.9. The largest absolute Gasteiger partial charge is 0.377 e. The molecule has 0 saturated heterocycles. The van der Waals surface area contributed by atoms with Crippen molar-refractivity contribution in [3.05, 3.63) is 59.9 Å². The molecule has 106 valence electrons. The SMILES string of the molecule is Cc1ccc(NC(CC(C)(C)C)c2ccccc2)cn1. The maximum absolute atomic E-state index is 4.36. The van der Waals surface area contributed by atoms with Crippen LogP contribution >= 0.6 is 0 Å². The molecule has 1 N–H and O–H groups in total. The van der Waals surface area contributed by atoms with Crippen LogP contribution < -0.4 is 5.32 Å². The van der Waals surface area contributed by atoms with Crippen LogP contribution in [0.5, 0.6) is 0 Å². The first-order chi connectivity index (χ1) is 9.44. The van der Waals surface area contributed by atoms with Crippen molar-refractivity contribution in [2.75, 3.05) is 5.32 Å². The van der Waals surface area contributed by atoms with Gasteiger partial charge in [0.15, 0.2) is 0 Å². The van der Waals surface area contributed by atoms with Crippen molar-refractivity contribution >= 4 is 5.69 Å². The van der Waals surface area contributed by atoms with Gasteiger partial charge in [-0.15, -0.1) is 0 Å². The van der Waals surface area contributed by atoms with E-state index in [4.69, 9.17) is 0 Å². The Balaban J connectivity index is 2.20. The summed E-state index contributed by atoms with van der Waals surface area (Å²) < 4.78 is 0. The summed E-state index contributed by atoms with van der Waals surface area (Å²) in [6, 6.07) is 15.1. The zero-order valence-corrected chi connectivity index (χ0v) is 12.9. The lowest BCUT2D eigenvalue weighted by Crippen LogP contribution is -2.18. The third-order valence-electron chi connectivity index (χ3n) is 3.27. The minimum absolute atomic E-state index is 0.269. The van der Waals surface area contributed by atoms with Crippen molar-refractivity contribution in [1.82, 2.24) is 4.98 Å². The predicted octanol–water partition coefficient (Wildman–Crippen LogP) is 4.98. The summed E-state index contributed by atoms with van der Waals surface area (Å²) in [4.78, 5) is 4.36. The highest BCUT2D eigenvalue weighted by molar-refractivity contribution is 5.44. The van der Waals surface area contributed by atoms with Crippen LogP contribution in [0.3, 0.4) is 0 Å². The first-order valence-corrected chi connectivity index (χ1v) is 7.18. The number of pyridine rings is 1. The van der Waals surface area contributed by atoms with E-state index in [1.807, 2.05) is 19.2 Å². The molecule has 2 aromatic rings. The second kappa shape index (κ2) is 6.08. The van der Waals surface area contributed by atoms with E-state index >= 15 is 0 Å². The van der Waals surface area contributed by atoms with Gasteiger partial charge >= 0.3 is 0 Å². The zero-order chi connectivity index (χ0) is 14.6. The molecule has 1 atom stereocenters. The van der Waals surface area contributed by atoms with Crippen LogP contribution in [0.15, 0.2) is 48.7 Å². The van der Waals surface area contributed by atoms with Crippen LogP contribution in [0.2, 0.25) is 0 Å². The molecule has 1 aromatic heterocycles. The Kier molecular flexibility index (Phi) is 4.43. The molecule has 0 radical (unpaired) electrons.